The molecule has 2 aliphatic heterocycles. The summed E-state index contributed by atoms with van der Waals surface area (Å²) in [5, 5.41) is 0. The van der Waals surface area contributed by atoms with Gasteiger partial charge in [-0.15, -0.1) is 0 Å². The third kappa shape index (κ3) is 3.84. The lowest BCUT2D eigenvalue weighted by atomic mass is 10.1. The first-order chi connectivity index (χ1) is 13.5. The number of carbonyl (C=O) groups is 1. The van der Waals surface area contributed by atoms with E-state index < -0.39 is 0 Å². The second-order valence-electron chi connectivity index (χ2n) is 7.58. The third-order valence-electron chi connectivity index (χ3n) is 5.53. The summed E-state index contributed by atoms with van der Waals surface area (Å²) in [6.45, 7) is 5.65. The molecule has 0 spiro atoms. The van der Waals surface area contributed by atoms with Gasteiger partial charge in [-0.2, -0.15) is 0 Å². The summed E-state index contributed by atoms with van der Waals surface area (Å²) in [5.41, 5.74) is 4.31. The van der Waals surface area contributed by atoms with E-state index in [9.17, 15) is 4.79 Å². The van der Waals surface area contributed by atoms with E-state index in [1.165, 1.54) is 10.5 Å². The van der Waals surface area contributed by atoms with Crippen molar-refractivity contribution in [3.05, 3.63) is 48.0 Å². The highest BCUT2D eigenvalue weighted by Gasteiger charge is 2.35. The molecule has 2 heterocycles. The van der Waals surface area contributed by atoms with Crippen molar-refractivity contribution in [1.82, 2.24) is 0 Å². The van der Waals surface area contributed by atoms with Crippen LogP contribution in [0, 0.1) is 6.92 Å². The molecule has 2 aromatic carbocycles. The van der Waals surface area contributed by atoms with E-state index in [-0.39, 0.29) is 18.1 Å². The van der Waals surface area contributed by atoms with E-state index in [2.05, 4.69) is 46.9 Å². The number of benzene rings is 2. The fourth-order valence-electron chi connectivity index (χ4n) is 3.83. The Morgan fingerprint density at radius 2 is 1.96 bits per heavy atom. The first-order valence-corrected chi connectivity index (χ1v) is 10.6. The molecule has 6 heteroatoms. The highest BCUT2D eigenvalue weighted by molar-refractivity contribution is 8.00. The van der Waals surface area contributed by atoms with Gasteiger partial charge in [-0.3, -0.25) is 4.79 Å². The van der Waals surface area contributed by atoms with Crippen LogP contribution < -0.4 is 14.5 Å². The number of likely N-dealkylation sites (N-methyl/N-ethyl adjacent to an activating group) is 1. The fraction of sp³-hybridized carbons (Fsp3) is 0.409. The Kier molecular flexibility index (Phi) is 5.51. The molecule has 0 aliphatic carbocycles. The van der Waals surface area contributed by atoms with Crippen molar-refractivity contribution in [2.24, 2.45) is 0 Å². The van der Waals surface area contributed by atoms with Gasteiger partial charge in [-0.1, -0.05) is 17.7 Å². The molecule has 2 aliphatic rings. The number of rotatable bonds is 5. The molecule has 0 saturated carbocycles. The normalized spacial score (nSPS) is 21.8. The van der Waals surface area contributed by atoms with Crippen LogP contribution in [0.25, 0.3) is 0 Å². The van der Waals surface area contributed by atoms with Crippen molar-refractivity contribution in [2.75, 3.05) is 34.7 Å². The van der Waals surface area contributed by atoms with Crippen LogP contribution in [0.2, 0.25) is 0 Å². The minimum Gasteiger partial charge on any atom is -0.376 e. The molecule has 148 valence electrons. The maximum atomic E-state index is 12.7. The van der Waals surface area contributed by atoms with Gasteiger partial charge >= 0.3 is 0 Å². The van der Waals surface area contributed by atoms with Crippen LogP contribution in [-0.4, -0.2) is 38.3 Å². The van der Waals surface area contributed by atoms with E-state index in [0.717, 1.165) is 43.1 Å². The number of fused-ring (bicyclic) bond motifs is 1. The van der Waals surface area contributed by atoms with Gasteiger partial charge in [-0.05, 0) is 69.0 Å². The average Bonchev–Trinajstić information content (AvgIpc) is 3.22. The Hall–Kier alpha value is -2.18. The van der Waals surface area contributed by atoms with Gasteiger partial charge in [0.05, 0.1) is 17.5 Å². The van der Waals surface area contributed by atoms with Crippen molar-refractivity contribution < 1.29 is 9.53 Å². The number of nitrogens with one attached hydrogen (secondary N) is 1. The molecule has 5 nitrogen and oxygen atoms in total. The van der Waals surface area contributed by atoms with E-state index in [1.807, 2.05) is 26.1 Å². The van der Waals surface area contributed by atoms with Crippen LogP contribution in [0.3, 0.4) is 0 Å². The third-order valence-corrected chi connectivity index (χ3v) is 6.38. The van der Waals surface area contributed by atoms with Crippen LogP contribution in [0.15, 0.2) is 47.4 Å². The number of aryl methyl sites for hydroxylation is 1. The standard InChI is InChI=1S/C22H27N3O2S/c1-15-6-9-19(10-7-15)28-23-17-8-11-20-21(13-17)25(14-18-5-4-12-27-18)16(2)22(26)24(20)3/h6-11,13,16,18,23H,4-5,12,14H2,1-3H3. The molecule has 4 rings (SSSR count). The molecule has 0 aromatic heterocycles. The summed E-state index contributed by atoms with van der Waals surface area (Å²) >= 11 is 1.60. The number of amides is 1. The van der Waals surface area contributed by atoms with Crippen LogP contribution in [0.1, 0.15) is 25.3 Å². The largest absolute Gasteiger partial charge is 0.376 e. The molecule has 2 unspecified atom stereocenters. The molecule has 28 heavy (non-hydrogen) atoms. The van der Waals surface area contributed by atoms with Crippen LogP contribution in [0.4, 0.5) is 17.1 Å². The lowest BCUT2D eigenvalue weighted by Gasteiger charge is -2.41. The van der Waals surface area contributed by atoms with Crippen LogP contribution in [-0.2, 0) is 9.53 Å². The van der Waals surface area contributed by atoms with Gasteiger partial charge < -0.3 is 19.3 Å². The molecule has 1 saturated heterocycles. The average molecular weight is 398 g/mol. The first-order valence-electron chi connectivity index (χ1n) is 9.82. The number of anilines is 3. The minimum absolute atomic E-state index is 0.125. The van der Waals surface area contributed by atoms with Crippen molar-refractivity contribution in [1.29, 1.82) is 0 Å². The quantitative estimate of drug-likeness (QED) is 0.755. The Bertz CT molecular complexity index is 849. The smallest absolute Gasteiger partial charge is 0.249 e. The zero-order chi connectivity index (χ0) is 19.7. The van der Waals surface area contributed by atoms with Gasteiger partial charge in [-0.25, -0.2) is 0 Å². The summed E-state index contributed by atoms with van der Waals surface area (Å²) in [6.07, 6.45) is 2.36. The SMILES string of the molecule is Cc1ccc(SNc2ccc3c(c2)N(CC2CCCO2)C(C)C(=O)N3C)cc1. The molecule has 0 radical (unpaired) electrons. The summed E-state index contributed by atoms with van der Waals surface area (Å²) in [6, 6.07) is 14.5. The second-order valence-corrected chi connectivity index (χ2v) is 8.46. The molecule has 2 atom stereocenters. The van der Waals surface area contributed by atoms with Crippen molar-refractivity contribution in [3.8, 4) is 0 Å². The minimum atomic E-state index is -0.193. The van der Waals surface area contributed by atoms with E-state index in [0.29, 0.717) is 0 Å². The van der Waals surface area contributed by atoms with Gasteiger partial charge in [0.1, 0.15) is 6.04 Å². The molecule has 2 aromatic rings. The maximum absolute atomic E-state index is 12.7. The second kappa shape index (κ2) is 8.05. The number of hydrogen-bond donors (Lipinski definition) is 1. The highest BCUT2D eigenvalue weighted by atomic mass is 32.2. The van der Waals surface area contributed by atoms with Gasteiger partial charge in [0.15, 0.2) is 0 Å². The molecule has 1 amide bonds. The molecular weight excluding hydrogens is 370 g/mol. The van der Waals surface area contributed by atoms with Gasteiger partial charge in [0.25, 0.3) is 0 Å². The van der Waals surface area contributed by atoms with Crippen molar-refractivity contribution in [3.63, 3.8) is 0 Å². The summed E-state index contributed by atoms with van der Waals surface area (Å²) in [7, 11) is 1.86. The first kappa shape index (κ1) is 19.2. The van der Waals surface area contributed by atoms with Crippen LogP contribution in [0.5, 0.6) is 0 Å². The Morgan fingerprint density at radius 1 is 1.18 bits per heavy atom. The maximum Gasteiger partial charge on any atom is 0.249 e. The van der Waals surface area contributed by atoms with Crippen molar-refractivity contribution >= 4 is 34.9 Å². The zero-order valence-corrected chi connectivity index (χ0v) is 17.5. The number of carbonyl (C=O) groups excluding carboxylic acids is 1. The van der Waals surface area contributed by atoms with E-state index in [4.69, 9.17) is 4.74 Å². The molecule has 1 N–H and O–H groups in total. The van der Waals surface area contributed by atoms with Gasteiger partial charge in [0.2, 0.25) is 5.91 Å². The zero-order valence-electron chi connectivity index (χ0n) is 16.6. The Labute approximate surface area is 171 Å². The van der Waals surface area contributed by atoms with Crippen molar-refractivity contribution in [2.45, 2.75) is 43.7 Å². The Morgan fingerprint density at radius 3 is 2.68 bits per heavy atom. The lowest BCUT2D eigenvalue weighted by molar-refractivity contribution is -0.119. The fourth-order valence-corrected chi connectivity index (χ4v) is 4.46. The van der Waals surface area contributed by atoms with E-state index in [1.54, 1.807) is 16.8 Å². The lowest BCUT2D eigenvalue weighted by Crippen LogP contribution is -2.52. The predicted octanol–water partition coefficient (Wildman–Crippen LogP) is 4.46. The summed E-state index contributed by atoms with van der Waals surface area (Å²) in [4.78, 5) is 17.9. The molecular formula is C22H27N3O2S. The summed E-state index contributed by atoms with van der Waals surface area (Å²) < 4.78 is 9.28. The van der Waals surface area contributed by atoms with Gasteiger partial charge in [0, 0.05) is 30.8 Å². The number of ether oxygens (including phenoxy) is 1. The monoisotopic (exact) mass is 397 g/mol. The predicted molar refractivity (Wildman–Crippen MR) is 116 cm³/mol. The van der Waals surface area contributed by atoms with Crippen LogP contribution >= 0.6 is 11.9 Å². The number of hydrogen-bond acceptors (Lipinski definition) is 5. The summed E-state index contributed by atoms with van der Waals surface area (Å²) in [5.74, 6) is 0.125. The number of nitrogens with zero attached hydrogens (tertiary/aromatic N) is 2. The Balaban J connectivity index is 1.57. The molecule has 0 bridgehead atoms. The van der Waals surface area contributed by atoms with E-state index >= 15 is 0 Å². The highest BCUT2D eigenvalue weighted by Crippen LogP contribution is 2.39. The topological polar surface area (TPSA) is 44.8 Å². The molecule has 1 fully saturated rings.